The maximum Gasteiger partial charge on any atom is 0.126 e. The predicted octanol–water partition coefficient (Wildman–Crippen LogP) is 3.28. The maximum absolute atomic E-state index is 13.2. The number of hydrogen-bond acceptors (Lipinski definition) is 3. The molecule has 0 heterocycles. The molecule has 1 fully saturated rings. The Morgan fingerprint density at radius 3 is 2.70 bits per heavy atom. The third kappa shape index (κ3) is 4.30. The van der Waals surface area contributed by atoms with Gasteiger partial charge in [0.05, 0.1) is 0 Å². The number of ether oxygens (including phenoxy) is 1. The first-order valence-corrected chi connectivity index (χ1v) is 8.10. The van der Waals surface area contributed by atoms with E-state index < -0.39 is 6.10 Å². The largest absolute Gasteiger partial charge is 0.488 e. The Morgan fingerprint density at radius 1 is 1.09 bits per heavy atom. The number of halogens is 1. The van der Waals surface area contributed by atoms with Crippen molar-refractivity contribution in [2.45, 2.75) is 44.1 Å². The Bertz CT molecular complexity index is 620. The van der Waals surface area contributed by atoms with Gasteiger partial charge in [0.1, 0.15) is 23.8 Å². The minimum atomic E-state index is -0.572. The molecule has 0 amide bonds. The maximum atomic E-state index is 13.2. The number of aliphatic hydroxyl groups excluding tert-OH is 1. The average molecular weight is 315 g/mol. The highest BCUT2D eigenvalue weighted by Crippen LogP contribution is 2.24. The van der Waals surface area contributed by atoms with Gasteiger partial charge in [0.25, 0.3) is 0 Å². The van der Waals surface area contributed by atoms with Gasteiger partial charge in [-0.15, -0.1) is 0 Å². The molecule has 0 spiro atoms. The Kier molecular flexibility index (Phi) is 5.26. The Morgan fingerprint density at radius 2 is 1.91 bits per heavy atom. The lowest BCUT2D eigenvalue weighted by atomic mass is 9.89. The summed E-state index contributed by atoms with van der Waals surface area (Å²) in [6.45, 7) is 0.539. The van der Waals surface area contributed by atoms with Crippen molar-refractivity contribution >= 4 is 0 Å². The summed E-state index contributed by atoms with van der Waals surface area (Å²) in [7, 11) is 0. The smallest absolute Gasteiger partial charge is 0.126 e. The first-order chi connectivity index (χ1) is 11.2. The van der Waals surface area contributed by atoms with E-state index >= 15 is 0 Å². The number of para-hydroxylation sites is 1. The van der Waals surface area contributed by atoms with Crippen molar-refractivity contribution in [2.24, 2.45) is 0 Å². The highest BCUT2D eigenvalue weighted by molar-refractivity contribution is 5.21. The van der Waals surface area contributed by atoms with Gasteiger partial charge in [-0.05, 0) is 49.1 Å². The number of hydrogen-bond donors (Lipinski definition) is 2. The normalized spacial score (nSPS) is 24.3. The van der Waals surface area contributed by atoms with Gasteiger partial charge in [-0.25, -0.2) is 4.39 Å². The zero-order chi connectivity index (χ0) is 16.1. The molecule has 122 valence electrons. The van der Waals surface area contributed by atoms with E-state index in [2.05, 4.69) is 5.32 Å². The standard InChI is InChI=1S/C19H22FNO2/c20-15-7-4-6-14(12-15)13-21-17-10-5-11-18(19(17)22)23-16-8-2-1-3-9-16/h1-4,6-9,12,17-19,21-22H,5,10-11,13H2/t17-,18+,19+/m0/s1. The summed E-state index contributed by atoms with van der Waals surface area (Å²) in [5.41, 5.74) is 0.878. The first kappa shape index (κ1) is 16.0. The highest BCUT2D eigenvalue weighted by atomic mass is 19.1. The third-order valence-electron chi connectivity index (χ3n) is 4.29. The van der Waals surface area contributed by atoms with Crippen LogP contribution in [0.15, 0.2) is 54.6 Å². The van der Waals surface area contributed by atoms with Gasteiger partial charge in [0.15, 0.2) is 0 Å². The number of aliphatic hydroxyl groups is 1. The average Bonchev–Trinajstić information content (AvgIpc) is 2.57. The van der Waals surface area contributed by atoms with Gasteiger partial charge in [-0.1, -0.05) is 30.3 Å². The number of benzene rings is 2. The summed E-state index contributed by atoms with van der Waals surface area (Å²) in [5.74, 6) is 0.543. The van der Waals surface area contributed by atoms with Crippen LogP contribution in [0.25, 0.3) is 0 Å². The second-order valence-electron chi connectivity index (χ2n) is 6.01. The molecule has 2 aromatic rings. The lowest BCUT2D eigenvalue weighted by Crippen LogP contribution is -2.50. The van der Waals surface area contributed by atoms with Crippen molar-refractivity contribution in [1.29, 1.82) is 0 Å². The molecule has 1 aliphatic rings. The van der Waals surface area contributed by atoms with Crippen LogP contribution < -0.4 is 10.1 Å². The van der Waals surface area contributed by atoms with Crippen LogP contribution in [0.5, 0.6) is 5.75 Å². The van der Waals surface area contributed by atoms with Crippen molar-refractivity contribution in [3.05, 3.63) is 66.0 Å². The van der Waals surface area contributed by atoms with Crippen LogP contribution in [0.1, 0.15) is 24.8 Å². The molecule has 0 unspecified atom stereocenters. The second-order valence-corrected chi connectivity index (χ2v) is 6.01. The van der Waals surface area contributed by atoms with Crippen LogP contribution in [-0.4, -0.2) is 23.4 Å². The molecule has 3 nitrogen and oxygen atoms in total. The van der Waals surface area contributed by atoms with Crippen LogP contribution in [0.2, 0.25) is 0 Å². The van der Waals surface area contributed by atoms with E-state index in [0.29, 0.717) is 6.54 Å². The lowest BCUT2D eigenvalue weighted by molar-refractivity contribution is -0.0157. The summed E-state index contributed by atoms with van der Waals surface area (Å²) in [6.07, 6.45) is 1.95. The van der Waals surface area contributed by atoms with E-state index in [0.717, 1.165) is 30.6 Å². The molecule has 3 rings (SSSR count). The molecule has 1 saturated carbocycles. The summed E-state index contributed by atoms with van der Waals surface area (Å²) < 4.78 is 19.1. The van der Waals surface area contributed by atoms with Crippen LogP contribution in [0, 0.1) is 5.82 Å². The van der Waals surface area contributed by atoms with E-state index in [1.807, 2.05) is 36.4 Å². The molecule has 0 aromatic heterocycles. The Labute approximate surface area is 136 Å². The third-order valence-corrected chi connectivity index (χ3v) is 4.29. The second kappa shape index (κ2) is 7.57. The molecule has 4 heteroatoms. The van der Waals surface area contributed by atoms with E-state index in [-0.39, 0.29) is 18.0 Å². The van der Waals surface area contributed by atoms with Gasteiger partial charge in [-0.2, -0.15) is 0 Å². The Balaban J connectivity index is 1.57. The van der Waals surface area contributed by atoms with Gasteiger partial charge in [0, 0.05) is 12.6 Å². The van der Waals surface area contributed by atoms with E-state index in [9.17, 15) is 9.50 Å². The molecule has 0 aliphatic heterocycles. The van der Waals surface area contributed by atoms with E-state index in [1.165, 1.54) is 12.1 Å². The van der Waals surface area contributed by atoms with Gasteiger partial charge in [0.2, 0.25) is 0 Å². The summed E-state index contributed by atoms with van der Waals surface area (Å²) in [5, 5.41) is 13.9. The molecule has 23 heavy (non-hydrogen) atoms. The van der Waals surface area contributed by atoms with Crippen LogP contribution >= 0.6 is 0 Å². The minimum Gasteiger partial charge on any atom is -0.488 e. The fourth-order valence-corrected chi connectivity index (χ4v) is 3.06. The quantitative estimate of drug-likeness (QED) is 0.890. The van der Waals surface area contributed by atoms with Gasteiger partial charge < -0.3 is 15.2 Å². The Hall–Kier alpha value is -1.91. The SMILES string of the molecule is O[C@@H]1[C@@H](NCc2cccc(F)c2)CCC[C@H]1Oc1ccccc1. The van der Waals surface area contributed by atoms with E-state index in [4.69, 9.17) is 4.74 Å². The molecule has 2 N–H and O–H groups in total. The molecular weight excluding hydrogens is 293 g/mol. The zero-order valence-corrected chi connectivity index (χ0v) is 13.0. The van der Waals surface area contributed by atoms with E-state index in [1.54, 1.807) is 6.07 Å². The molecule has 1 aliphatic carbocycles. The van der Waals surface area contributed by atoms with Gasteiger partial charge >= 0.3 is 0 Å². The van der Waals surface area contributed by atoms with Crippen LogP contribution in [0.3, 0.4) is 0 Å². The number of rotatable bonds is 5. The molecule has 0 saturated heterocycles. The summed E-state index contributed by atoms with van der Waals surface area (Å²) in [6, 6.07) is 16.1. The van der Waals surface area contributed by atoms with Crippen LogP contribution in [0.4, 0.5) is 4.39 Å². The topological polar surface area (TPSA) is 41.5 Å². The fraction of sp³-hybridized carbons (Fsp3) is 0.368. The van der Waals surface area contributed by atoms with Gasteiger partial charge in [-0.3, -0.25) is 0 Å². The monoisotopic (exact) mass is 315 g/mol. The molecule has 0 radical (unpaired) electrons. The van der Waals surface area contributed by atoms with Crippen LogP contribution in [-0.2, 0) is 6.54 Å². The van der Waals surface area contributed by atoms with Crippen molar-refractivity contribution in [3.8, 4) is 5.75 Å². The van der Waals surface area contributed by atoms with Crippen molar-refractivity contribution in [3.63, 3.8) is 0 Å². The predicted molar refractivity (Wildman–Crippen MR) is 87.7 cm³/mol. The zero-order valence-electron chi connectivity index (χ0n) is 13.0. The fourth-order valence-electron chi connectivity index (χ4n) is 3.06. The summed E-state index contributed by atoms with van der Waals surface area (Å²) >= 11 is 0. The number of nitrogens with one attached hydrogen (secondary N) is 1. The molecule has 3 atom stereocenters. The minimum absolute atomic E-state index is 0.0410. The molecule has 2 aromatic carbocycles. The molecule has 0 bridgehead atoms. The lowest BCUT2D eigenvalue weighted by Gasteiger charge is -2.35. The van der Waals surface area contributed by atoms with Crippen molar-refractivity contribution in [1.82, 2.24) is 5.32 Å². The first-order valence-electron chi connectivity index (χ1n) is 8.10. The van der Waals surface area contributed by atoms with Crippen molar-refractivity contribution < 1.29 is 14.2 Å². The van der Waals surface area contributed by atoms with Crippen molar-refractivity contribution in [2.75, 3.05) is 0 Å². The summed E-state index contributed by atoms with van der Waals surface area (Å²) in [4.78, 5) is 0. The highest BCUT2D eigenvalue weighted by Gasteiger charge is 2.33. The molecular formula is C19H22FNO2.